The lowest BCUT2D eigenvalue weighted by atomic mass is 10.2. The van der Waals surface area contributed by atoms with E-state index in [1.54, 1.807) is 6.20 Å². The Hall–Kier alpha value is -1.81. The maximum atomic E-state index is 4.54. The third-order valence-electron chi connectivity index (χ3n) is 2.57. The minimum absolute atomic E-state index is 0.685. The molecular formula is C13H16N4. The molecule has 0 saturated carbocycles. The van der Waals surface area contributed by atoms with Crippen molar-refractivity contribution in [2.45, 2.75) is 20.4 Å². The predicted octanol–water partition coefficient (Wildman–Crippen LogP) is 1.87. The van der Waals surface area contributed by atoms with Crippen LogP contribution in [0.3, 0.4) is 0 Å². The van der Waals surface area contributed by atoms with E-state index in [1.165, 1.54) is 0 Å². The van der Waals surface area contributed by atoms with Gasteiger partial charge in [-0.3, -0.25) is 4.98 Å². The minimum atomic E-state index is 0.685. The molecule has 17 heavy (non-hydrogen) atoms. The molecule has 2 aromatic rings. The van der Waals surface area contributed by atoms with Crippen molar-refractivity contribution in [3.8, 4) is 11.5 Å². The number of nitrogens with zero attached hydrogens (tertiary/aromatic N) is 3. The molecule has 4 nitrogen and oxygen atoms in total. The summed E-state index contributed by atoms with van der Waals surface area (Å²) in [6, 6.07) is 3.96. The van der Waals surface area contributed by atoms with Crippen molar-refractivity contribution < 1.29 is 0 Å². The fourth-order valence-electron chi connectivity index (χ4n) is 1.61. The second-order valence-electron chi connectivity index (χ2n) is 4.07. The second-order valence-corrected chi connectivity index (χ2v) is 4.07. The Balaban J connectivity index is 2.42. The van der Waals surface area contributed by atoms with Crippen LogP contribution in [-0.2, 0) is 6.54 Å². The number of rotatable bonds is 3. The van der Waals surface area contributed by atoms with Crippen LogP contribution in [0.25, 0.3) is 11.5 Å². The van der Waals surface area contributed by atoms with Crippen molar-refractivity contribution >= 4 is 0 Å². The van der Waals surface area contributed by atoms with E-state index < -0.39 is 0 Å². The van der Waals surface area contributed by atoms with Crippen molar-refractivity contribution in [1.29, 1.82) is 0 Å². The first kappa shape index (κ1) is 11.7. The summed E-state index contributed by atoms with van der Waals surface area (Å²) in [6.45, 7) is 4.79. The molecule has 0 unspecified atom stereocenters. The molecule has 2 heterocycles. The Morgan fingerprint density at radius 2 is 2.06 bits per heavy atom. The lowest BCUT2D eigenvalue weighted by molar-refractivity contribution is 0.779. The molecule has 0 aliphatic rings. The van der Waals surface area contributed by atoms with E-state index in [-0.39, 0.29) is 0 Å². The van der Waals surface area contributed by atoms with Gasteiger partial charge in [-0.25, -0.2) is 9.97 Å². The van der Waals surface area contributed by atoms with E-state index in [0.717, 1.165) is 29.1 Å². The lowest BCUT2D eigenvalue weighted by Crippen LogP contribution is -2.10. The van der Waals surface area contributed by atoms with E-state index in [4.69, 9.17) is 0 Å². The molecule has 0 aromatic carbocycles. The van der Waals surface area contributed by atoms with Crippen LogP contribution in [0.1, 0.15) is 16.8 Å². The maximum Gasteiger partial charge on any atom is 0.178 e. The number of hydrogen-bond donors (Lipinski definition) is 1. The van der Waals surface area contributed by atoms with E-state index in [0.29, 0.717) is 5.82 Å². The Morgan fingerprint density at radius 3 is 2.76 bits per heavy atom. The van der Waals surface area contributed by atoms with Gasteiger partial charge in [-0.15, -0.1) is 0 Å². The zero-order valence-electron chi connectivity index (χ0n) is 10.4. The van der Waals surface area contributed by atoms with Crippen molar-refractivity contribution in [2.24, 2.45) is 0 Å². The summed E-state index contributed by atoms with van der Waals surface area (Å²) in [4.78, 5) is 13.2. The Bertz CT molecular complexity index is 523. The fourth-order valence-corrected chi connectivity index (χ4v) is 1.61. The van der Waals surface area contributed by atoms with E-state index in [2.05, 4.69) is 20.3 Å². The van der Waals surface area contributed by atoms with Gasteiger partial charge in [0.05, 0.1) is 5.69 Å². The molecule has 4 heteroatoms. The van der Waals surface area contributed by atoms with Gasteiger partial charge in [0.25, 0.3) is 0 Å². The Kier molecular flexibility index (Phi) is 3.44. The van der Waals surface area contributed by atoms with Crippen molar-refractivity contribution in [1.82, 2.24) is 20.3 Å². The van der Waals surface area contributed by atoms with Gasteiger partial charge in [-0.2, -0.15) is 0 Å². The van der Waals surface area contributed by atoms with Crippen molar-refractivity contribution in [3.63, 3.8) is 0 Å². The summed E-state index contributed by atoms with van der Waals surface area (Å²) in [5.74, 6) is 0.685. The third kappa shape index (κ3) is 2.65. The van der Waals surface area contributed by atoms with Crippen LogP contribution in [0, 0.1) is 13.8 Å². The summed E-state index contributed by atoms with van der Waals surface area (Å²) in [5, 5.41) is 3.10. The number of nitrogens with one attached hydrogen (secondary N) is 1. The highest BCUT2D eigenvalue weighted by atomic mass is 14.9. The van der Waals surface area contributed by atoms with Crippen LogP contribution < -0.4 is 5.32 Å². The topological polar surface area (TPSA) is 50.7 Å². The van der Waals surface area contributed by atoms with Gasteiger partial charge in [0.15, 0.2) is 5.82 Å². The molecule has 0 saturated heterocycles. The SMILES string of the molecule is CNCc1nc(-c2cc(C)ccn2)ncc1C. The summed E-state index contributed by atoms with van der Waals surface area (Å²) < 4.78 is 0. The van der Waals surface area contributed by atoms with Crippen LogP contribution >= 0.6 is 0 Å². The van der Waals surface area contributed by atoms with Gasteiger partial charge < -0.3 is 5.32 Å². The third-order valence-corrected chi connectivity index (χ3v) is 2.57. The lowest BCUT2D eigenvalue weighted by Gasteiger charge is -2.06. The molecule has 0 aliphatic heterocycles. The van der Waals surface area contributed by atoms with Crippen LogP contribution in [-0.4, -0.2) is 22.0 Å². The Labute approximate surface area is 101 Å². The van der Waals surface area contributed by atoms with Crippen LogP contribution in [0.2, 0.25) is 0 Å². The molecular weight excluding hydrogens is 212 g/mol. The van der Waals surface area contributed by atoms with Gasteiger partial charge >= 0.3 is 0 Å². The van der Waals surface area contributed by atoms with E-state index >= 15 is 0 Å². The summed E-state index contributed by atoms with van der Waals surface area (Å²) >= 11 is 0. The normalized spacial score (nSPS) is 10.5. The van der Waals surface area contributed by atoms with Gasteiger partial charge in [-0.1, -0.05) is 0 Å². The fraction of sp³-hybridized carbons (Fsp3) is 0.308. The summed E-state index contributed by atoms with van der Waals surface area (Å²) in [7, 11) is 1.91. The molecule has 0 amide bonds. The monoisotopic (exact) mass is 228 g/mol. The molecule has 0 bridgehead atoms. The zero-order chi connectivity index (χ0) is 12.3. The number of pyridine rings is 1. The summed E-state index contributed by atoms with van der Waals surface area (Å²) in [5.41, 5.74) is 4.09. The van der Waals surface area contributed by atoms with E-state index in [9.17, 15) is 0 Å². The first-order valence-electron chi connectivity index (χ1n) is 5.61. The zero-order valence-corrected chi connectivity index (χ0v) is 10.4. The minimum Gasteiger partial charge on any atom is -0.314 e. The second kappa shape index (κ2) is 5.01. The van der Waals surface area contributed by atoms with E-state index in [1.807, 2.05) is 39.2 Å². The van der Waals surface area contributed by atoms with Crippen molar-refractivity contribution in [2.75, 3.05) is 7.05 Å². The predicted molar refractivity (Wildman–Crippen MR) is 67.5 cm³/mol. The molecule has 2 rings (SSSR count). The molecule has 1 N–H and O–H groups in total. The average molecular weight is 228 g/mol. The average Bonchev–Trinajstić information content (AvgIpc) is 2.32. The van der Waals surface area contributed by atoms with Crippen LogP contribution in [0.5, 0.6) is 0 Å². The smallest absolute Gasteiger partial charge is 0.178 e. The molecule has 0 atom stereocenters. The van der Waals surface area contributed by atoms with Crippen LogP contribution in [0.15, 0.2) is 24.5 Å². The molecule has 0 fully saturated rings. The van der Waals surface area contributed by atoms with Gasteiger partial charge in [0.1, 0.15) is 5.69 Å². The highest BCUT2D eigenvalue weighted by molar-refractivity contribution is 5.50. The standard InChI is InChI=1S/C13H16N4/c1-9-4-5-15-11(6-9)13-16-7-10(2)12(17-13)8-14-3/h4-7,14H,8H2,1-3H3. The van der Waals surface area contributed by atoms with Gasteiger partial charge in [-0.05, 0) is 44.2 Å². The molecule has 88 valence electrons. The molecule has 0 aliphatic carbocycles. The highest BCUT2D eigenvalue weighted by Crippen LogP contribution is 2.14. The number of aromatic nitrogens is 3. The van der Waals surface area contributed by atoms with Crippen molar-refractivity contribution in [3.05, 3.63) is 41.3 Å². The maximum absolute atomic E-state index is 4.54. The largest absolute Gasteiger partial charge is 0.314 e. The van der Waals surface area contributed by atoms with Gasteiger partial charge in [0, 0.05) is 18.9 Å². The quantitative estimate of drug-likeness (QED) is 0.871. The highest BCUT2D eigenvalue weighted by Gasteiger charge is 2.06. The summed E-state index contributed by atoms with van der Waals surface area (Å²) in [6.07, 6.45) is 3.63. The first-order valence-corrected chi connectivity index (χ1v) is 5.61. The van der Waals surface area contributed by atoms with Gasteiger partial charge in [0.2, 0.25) is 0 Å². The molecule has 0 spiro atoms. The molecule has 2 aromatic heterocycles. The molecule has 0 radical (unpaired) electrons. The number of hydrogen-bond acceptors (Lipinski definition) is 4. The first-order chi connectivity index (χ1) is 8.20. The number of aryl methyl sites for hydroxylation is 2. The Morgan fingerprint density at radius 1 is 1.24 bits per heavy atom. The van der Waals surface area contributed by atoms with Crippen LogP contribution in [0.4, 0.5) is 0 Å².